The first-order valence-corrected chi connectivity index (χ1v) is 13.4. The fourth-order valence-corrected chi connectivity index (χ4v) is 4.87. The van der Waals surface area contributed by atoms with E-state index >= 15 is 0 Å². The number of pyridine rings is 1. The predicted molar refractivity (Wildman–Crippen MR) is 145 cm³/mol. The van der Waals surface area contributed by atoms with Crippen LogP contribution in [0.15, 0.2) is 66.9 Å². The largest absolute Gasteiger partial charge is 0.481 e. The Morgan fingerprint density at radius 3 is 2.61 bits per heavy atom. The van der Waals surface area contributed by atoms with Gasteiger partial charge in [0.05, 0.1) is 6.04 Å². The third-order valence-corrected chi connectivity index (χ3v) is 6.78. The molecular weight excluding hydrogens is 481 g/mol. The molecule has 0 fully saturated rings. The molecule has 2 heterocycles. The Kier molecular flexibility index (Phi) is 9.10. The molecule has 1 N–H and O–H groups in total. The minimum atomic E-state index is -0.650. The van der Waals surface area contributed by atoms with Crippen molar-refractivity contribution in [2.75, 3.05) is 13.1 Å². The zero-order chi connectivity index (χ0) is 27.1. The lowest BCUT2D eigenvalue weighted by Gasteiger charge is -2.38. The summed E-state index contributed by atoms with van der Waals surface area (Å²) in [5.74, 6) is 0.381. The third kappa shape index (κ3) is 6.77. The van der Waals surface area contributed by atoms with Crippen molar-refractivity contribution in [3.63, 3.8) is 0 Å². The number of carbonyl (C=O) groups is 2. The zero-order valence-corrected chi connectivity index (χ0v) is 22.3. The molecule has 4 rings (SSSR count). The molecule has 1 aliphatic heterocycles. The van der Waals surface area contributed by atoms with E-state index in [4.69, 9.17) is 4.74 Å². The van der Waals surface area contributed by atoms with Gasteiger partial charge < -0.3 is 15.0 Å². The van der Waals surface area contributed by atoms with E-state index in [-0.39, 0.29) is 29.6 Å². The highest BCUT2D eigenvalue weighted by Crippen LogP contribution is 2.38. The molecule has 0 saturated heterocycles. The summed E-state index contributed by atoms with van der Waals surface area (Å²) in [6, 6.07) is 17.5. The number of hydrogen-bond acceptors (Lipinski definition) is 4. The number of benzene rings is 2. The summed E-state index contributed by atoms with van der Waals surface area (Å²) in [5, 5.41) is 2.95. The molecule has 2 atom stereocenters. The lowest BCUT2D eigenvalue weighted by atomic mass is 9.87. The molecule has 2 amide bonds. The second kappa shape index (κ2) is 12.7. The number of halogens is 1. The number of ether oxygens (including phenoxy) is 1. The highest BCUT2D eigenvalue weighted by molar-refractivity contribution is 5.81. The van der Waals surface area contributed by atoms with Gasteiger partial charge in [-0.15, -0.1) is 0 Å². The molecule has 7 heteroatoms. The molecule has 0 saturated carbocycles. The van der Waals surface area contributed by atoms with Crippen molar-refractivity contribution in [3.05, 3.63) is 95.1 Å². The average molecular weight is 518 g/mol. The summed E-state index contributed by atoms with van der Waals surface area (Å²) < 4.78 is 19.9. The SMILES string of the molecule is CC[C@H](Oc1ccc2c(c1)[C@H](c1ccc(F)cc1)N(C(=O)CC(C)C)CC2)C(=O)NCCc1ccccn1. The number of fused-ring (bicyclic) bond motifs is 1. The smallest absolute Gasteiger partial charge is 0.261 e. The first kappa shape index (κ1) is 27.3. The Balaban J connectivity index is 1.54. The molecule has 0 aliphatic carbocycles. The van der Waals surface area contributed by atoms with Crippen LogP contribution in [0.3, 0.4) is 0 Å². The van der Waals surface area contributed by atoms with E-state index in [1.54, 1.807) is 18.3 Å². The number of nitrogens with one attached hydrogen (secondary N) is 1. The summed E-state index contributed by atoms with van der Waals surface area (Å²) in [6.07, 6.45) is 3.40. The van der Waals surface area contributed by atoms with Crippen molar-refractivity contribution in [1.29, 1.82) is 0 Å². The minimum Gasteiger partial charge on any atom is -0.481 e. The van der Waals surface area contributed by atoms with Crippen LogP contribution in [-0.2, 0) is 22.4 Å². The van der Waals surface area contributed by atoms with Crippen LogP contribution in [0, 0.1) is 11.7 Å². The number of nitrogens with zero attached hydrogens (tertiary/aromatic N) is 2. The summed E-state index contributed by atoms with van der Waals surface area (Å²) in [7, 11) is 0. The number of carbonyl (C=O) groups excluding carboxylic acids is 2. The van der Waals surface area contributed by atoms with Crippen molar-refractivity contribution >= 4 is 11.8 Å². The highest BCUT2D eigenvalue weighted by Gasteiger charge is 2.33. The average Bonchev–Trinajstić information content (AvgIpc) is 2.91. The number of rotatable bonds is 10. The Morgan fingerprint density at radius 2 is 1.92 bits per heavy atom. The van der Waals surface area contributed by atoms with Crippen molar-refractivity contribution in [1.82, 2.24) is 15.2 Å². The molecule has 0 unspecified atom stereocenters. The van der Waals surface area contributed by atoms with Gasteiger partial charge in [0, 0.05) is 37.8 Å². The normalized spacial score (nSPS) is 15.6. The zero-order valence-electron chi connectivity index (χ0n) is 22.3. The van der Waals surface area contributed by atoms with Crippen LogP contribution < -0.4 is 10.1 Å². The Morgan fingerprint density at radius 1 is 1.13 bits per heavy atom. The second-order valence-electron chi connectivity index (χ2n) is 10.1. The van der Waals surface area contributed by atoms with Gasteiger partial charge in [-0.3, -0.25) is 14.6 Å². The van der Waals surface area contributed by atoms with Crippen molar-refractivity contribution in [2.24, 2.45) is 5.92 Å². The van der Waals surface area contributed by atoms with E-state index < -0.39 is 6.10 Å². The maximum Gasteiger partial charge on any atom is 0.261 e. The lowest BCUT2D eigenvalue weighted by molar-refractivity contribution is -0.134. The van der Waals surface area contributed by atoms with E-state index in [9.17, 15) is 14.0 Å². The van der Waals surface area contributed by atoms with Gasteiger partial charge in [-0.05, 0) is 71.8 Å². The van der Waals surface area contributed by atoms with Crippen molar-refractivity contribution in [2.45, 2.75) is 58.6 Å². The quantitative estimate of drug-likeness (QED) is 0.398. The molecule has 3 aromatic rings. The maximum absolute atomic E-state index is 13.7. The Hall–Kier alpha value is -3.74. The molecule has 0 radical (unpaired) electrons. The van der Waals surface area contributed by atoms with Crippen molar-refractivity contribution in [3.8, 4) is 5.75 Å². The molecule has 38 heavy (non-hydrogen) atoms. The van der Waals surface area contributed by atoms with Crippen LogP contribution in [0.1, 0.15) is 62.0 Å². The fraction of sp³-hybridized carbons (Fsp3) is 0.387. The van der Waals surface area contributed by atoms with E-state index in [2.05, 4.69) is 10.3 Å². The first-order chi connectivity index (χ1) is 18.4. The Bertz CT molecular complexity index is 1230. The van der Waals surface area contributed by atoms with E-state index in [1.807, 2.05) is 62.1 Å². The summed E-state index contributed by atoms with van der Waals surface area (Å²) in [4.78, 5) is 32.3. The van der Waals surface area contributed by atoms with Crippen LogP contribution in [0.25, 0.3) is 0 Å². The van der Waals surface area contributed by atoms with Gasteiger partial charge in [0.1, 0.15) is 11.6 Å². The topological polar surface area (TPSA) is 71.5 Å². The standard InChI is InChI=1S/C31H36FN3O3/c1-4-28(31(37)34-17-14-25-7-5-6-16-33-25)38-26-13-10-22-15-18-35(29(36)19-21(2)3)30(27(22)20-26)23-8-11-24(32)12-9-23/h5-13,16,20-21,28,30H,4,14-15,17-19H2,1-3H3,(H,34,37)/t28-,30-/m0/s1. The summed E-state index contributed by atoms with van der Waals surface area (Å²) in [5.41, 5.74) is 3.83. The van der Waals surface area contributed by atoms with Crippen LogP contribution in [0.4, 0.5) is 4.39 Å². The number of hydrogen-bond donors (Lipinski definition) is 1. The van der Waals surface area contributed by atoms with Gasteiger partial charge in [-0.25, -0.2) is 4.39 Å². The van der Waals surface area contributed by atoms with Gasteiger partial charge in [-0.2, -0.15) is 0 Å². The van der Waals surface area contributed by atoms with Crippen LogP contribution in [0.2, 0.25) is 0 Å². The van der Waals surface area contributed by atoms with Crippen molar-refractivity contribution < 1.29 is 18.7 Å². The van der Waals surface area contributed by atoms with Gasteiger partial charge in [0.2, 0.25) is 5.91 Å². The fourth-order valence-electron chi connectivity index (χ4n) is 4.87. The number of amides is 2. The highest BCUT2D eigenvalue weighted by atomic mass is 19.1. The lowest BCUT2D eigenvalue weighted by Crippen LogP contribution is -2.41. The number of aromatic nitrogens is 1. The maximum atomic E-state index is 13.7. The molecule has 200 valence electrons. The summed E-state index contributed by atoms with van der Waals surface area (Å²) >= 11 is 0. The van der Waals surface area contributed by atoms with Gasteiger partial charge in [-0.1, -0.05) is 45.0 Å². The molecule has 0 bridgehead atoms. The third-order valence-electron chi connectivity index (χ3n) is 6.78. The van der Waals surface area contributed by atoms with Crippen LogP contribution >= 0.6 is 0 Å². The molecule has 1 aliphatic rings. The molecule has 2 aromatic carbocycles. The Labute approximate surface area is 224 Å². The predicted octanol–water partition coefficient (Wildman–Crippen LogP) is 5.26. The van der Waals surface area contributed by atoms with Crippen LogP contribution in [0.5, 0.6) is 5.75 Å². The molecule has 1 aromatic heterocycles. The van der Waals surface area contributed by atoms with E-state index in [0.29, 0.717) is 38.1 Å². The van der Waals surface area contributed by atoms with E-state index in [0.717, 1.165) is 28.8 Å². The van der Waals surface area contributed by atoms with Gasteiger partial charge in [0.15, 0.2) is 6.10 Å². The second-order valence-corrected chi connectivity index (χ2v) is 10.1. The van der Waals surface area contributed by atoms with Crippen LogP contribution in [-0.4, -0.2) is 40.9 Å². The minimum absolute atomic E-state index is 0.0741. The van der Waals surface area contributed by atoms with E-state index in [1.165, 1.54) is 12.1 Å². The molecule has 6 nitrogen and oxygen atoms in total. The van der Waals surface area contributed by atoms with Gasteiger partial charge in [0.25, 0.3) is 5.91 Å². The molecular formula is C31H36FN3O3. The first-order valence-electron chi connectivity index (χ1n) is 13.4. The van der Waals surface area contributed by atoms with Gasteiger partial charge >= 0.3 is 0 Å². The monoisotopic (exact) mass is 517 g/mol. The molecule has 0 spiro atoms. The summed E-state index contributed by atoms with van der Waals surface area (Å²) in [6.45, 7) is 7.04.